The summed E-state index contributed by atoms with van der Waals surface area (Å²) in [7, 11) is 2.04. The minimum atomic E-state index is -0.231. The van der Waals surface area contributed by atoms with Gasteiger partial charge in [-0.3, -0.25) is 4.79 Å². The summed E-state index contributed by atoms with van der Waals surface area (Å²) in [4.78, 5) is 15.7. The first kappa shape index (κ1) is 21.6. The van der Waals surface area contributed by atoms with Crippen LogP contribution in [0.25, 0.3) is 0 Å². The van der Waals surface area contributed by atoms with Crippen molar-refractivity contribution in [2.24, 2.45) is 0 Å². The van der Waals surface area contributed by atoms with Crippen molar-refractivity contribution < 1.29 is 13.9 Å². The molecule has 1 aliphatic rings. The van der Waals surface area contributed by atoms with Crippen molar-refractivity contribution in [3.05, 3.63) is 51.2 Å². The smallest absolute Gasteiger partial charge is 0.277 e. The maximum atomic E-state index is 12.4. The number of likely N-dealkylation sites (N-methyl/N-ethyl adjacent to an activating group) is 1. The Morgan fingerprint density at radius 2 is 2.23 bits per heavy atom. The summed E-state index contributed by atoms with van der Waals surface area (Å²) < 4.78 is 11.1. The van der Waals surface area contributed by atoms with Gasteiger partial charge in [-0.05, 0) is 43.3 Å². The number of amides is 1. The Bertz CT molecular complexity index is 1120. The van der Waals surface area contributed by atoms with E-state index in [0.717, 1.165) is 41.7 Å². The molecule has 0 fully saturated rings. The number of carbonyl (C=O) groups is 1. The van der Waals surface area contributed by atoms with Crippen molar-refractivity contribution in [2.45, 2.75) is 24.8 Å². The van der Waals surface area contributed by atoms with Gasteiger partial charge in [-0.15, -0.1) is 21.5 Å². The zero-order chi connectivity index (χ0) is 21.8. The molecule has 3 heterocycles. The number of carbonyl (C=O) groups excluding carboxylic acids is 1. The summed E-state index contributed by atoms with van der Waals surface area (Å²) in [6.07, 6.45) is 0.818. The Morgan fingerprint density at radius 3 is 3.00 bits per heavy atom. The number of thiophene rings is 1. The first-order chi connectivity index (χ1) is 15.0. The van der Waals surface area contributed by atoms with Gasteiger partial charge < -0.3 is 19.4 Å². The van der Waals surface area contributed by atoms with E-state index in [1.807, 2.05) is 7.05 Å². The van der Waals surface area contributed by atoms with Gasteiger partial charge in [0.2, 0.25) is 5.91 Å². The zero-order valence-corrected chi connectivity index (χ0v) is 18.9. The molecule has 1 aliphatic heterocycles. The number of anilines is 1. The molecule has 11 heteroatoms. The summed E-state index contributed by atoms with van der Waals surface area (Å²) in [5, 5.41) is 21.7. The fourth-order valence-corrected chi connectivity index (χ4v) is 5.06. The van der Waals surface area contributed by atoms with E-state index in [1.54, 1.807) is 24.3 Å². The van der Waals surface area contributed by atoms with Gasteiger partial charge in [-0.1, -0.05) is 23.4 Å². The van der Waals surface area contributed by atoms with Crippen LogP contribution in [0.1, 0.15) is 21.9 Å². The van der Waals surface area contributed by atoms with E-state index in [4.69, 9.17) is 20.8 Å². The molecule has 3 aromatic rings. The molecule has 0 aliphatic carbocycles. The highest BCUT2D eigenvalue weighted by atomic mass is 35.5. The van der Waals surface area contributed by atoms with Gasteiger partial charge in [0.15, 0.2) is 6.61 Å². The quantitative estimate of drug-likeness (QED) is 0.512. The van der Waals surface area contributed by atoms with Crippen molar-refractivity contribution in [3.63, 3.8) is 0 Å². The number of fused-ring (bicyclic) bond motifs is 1. The lowest BCUT2D eigenvalue weighted by Gasteiger charge is -2.21. The standard InChI is InChI=1S/C20H18ClN5O3S2/c1-26-7-6-14-15(8-22)19(31-16(14)9-26)23-17(27)11-30-20-25-24-18(29-20)10-28-13-4-2-12(21)3-5-13/h2-5H,6-7,9-11H2,1H3,(H,23,27). The number of aromatic nitrogens is 2. The molecule has 0 spiro atoms. The van der Waals surface area contributed by atoms with Crippen molar-refractivity contribution in [2.75, 3.05) is 24.7 Å². The van der Waals surface area contributed by atoms with Gasteiger partial charge >= 0.3 is 0 Å². The number of nitrogens with zero attached hydrogens (tertiary/aromatic N) is 4. The van der Waals surface area contributed by atoms with Crippen LogP contribution in [0.4, 0.5) is 5.00 Å². The zero-order valence-electron chi connectivity index (χ0n) is 16.6. The lowest BCUT2D eigenvalue weighted by Crippen LogP contribution is -2.25. The van der Waals surface area contributed by atoms with Crippen LogP contribution in [0.3, 0.4) is 0 Å². The molecule has 160 valence electrons. The first-order valence-electron chi connectivity index (χ1n) is 9.38. The Labute approximate surface area is 192 Å². The second-order valence-corrected chi connectivity index (χ2v) is 9.32. The molecule has 8 nitrogen and oxygen atoms in total. The van der Waals surface area contributed by atoms with Crippen molar-refractivity contribution >= 4 is 45.6 Å². The summed E-state index contributed by atoms with van der Waals surface area (Å²) in [5.41, 5.74) is 1.63. The van der Waals surface area contributed by atoms with Crippen LogP contribution in [0.5, 0.6) is 5.75 Å². The summed E-state index contributed by atoms with van der Waals surface area (Å²) in [6.45, 7) is 1.81. The third-order valence-corrected chi connectivity index (χ3v) is 6.77. The topological polar surface area (TPSA) is 104 Å². The molecule has 0 radical (unpaired) electrons. The molecule has 0 saturated carbocycles. The Hall–Kier alpha value is -2.58. The van der Waals surface area contributed by atoms with Crippen LogP contribution in [0.15, 0.2) is 33.9 Å². The number of hydrogen-bond donors (Lipinski definition) is 1. The molecule has 2 aromatic heterocycles. The van der Waals surface area contributed by atoms with Gasteiger partial charge in [0.05, 0.1) is 11.3 Å². The maximum absolute atomic E-state index is 12.4. The molecule has 1 amide bonds. The minimum absolute atomic E-state index is 0.0903. The Kier molecular flexibility index (Phi) is 6.77. The maximum Gasteiger partial charge on any atom is 0.277 e. The number of nitriles is 1. The third-order valence-electron chi connectivity index (χ3n) is 4.56. The SMILES string of the molecule is CN1CCc2c(sc(NC(=O)CSc3nnc(COc4ccc(Cl)cc4)o3)c2C#N)C1. The summed E-state index contributed by atoms with van der Waals surface area (Å²) in [5.74, 6) is 0.798. The molecule has 1 aromatic carbocycles. The number of rotatable bonds is 7. The van der Waals surface area contributed by atoms with Gasteiger partial charge in [-0.25, -0.2) is 0 Å². The van der Waals surface area contributed by atoms with Crippen LogP contribution in [0, 0.1) is 11.3 Å². The largest absolute Gasteiger partial charge is 0.484 e. The second kappa shape index (κ2) is 9.70. The lowest BCUT2D eigenvalue weighted by atomic mass is 10.0. The summed E-state index contributed by atoms with van der Waals surface area (Å²) in [6, 6.07) is 9.18. The number of halogens is 1. The number of benzene rings is 1. The molecule has 0 atom stereocenters. The molecule has 0 unspecified atom stereocenters. The van der Waals surface area contributed by atoms with E-state index in [0.29, 0.717) is 27.2 Å². The Balaban J connectivity index is 1.30. The van der Waals surface area contributed by atoms with E-state index in [1.165, 1.54) is 11.3 Å². The number of nitrogens with one attached hydrogen (secondary N) is 1. The average Bonchev–Trinajstić information content (AvgIpc) is 3.35. The number of hydrogen-bond acceptors (Lipinski definition) is 9. The summed E-state index contributed by atoms with van der Waals surface area (Å²) >= 11 is 8.44. The second-order valence-electron chi connectivity index (χ2n) is 6.85. The van der Waals surface area contributed by atoms with Gasteiger partial charge in [-0.2, -0.15) is 5.26 Å². The van der Waals surface area contributed by atoms with Crippen LogP contribution in [0.2, 0.25) is 5.02 Å². The molecule has 0 saturated heterocycles. The van der Waals surface area contributed by atoms with Crippen LogP contribution >= 0.6 is 34.7 Å². The minimum Gasteiger partial charge on any atom is -0.484 e. The molecule has 31 heavy (non-hydrogen) atoms. The van der Waals surface area contributed by atoms with Crippen LogP contribution in [-0.4, -0.2) is 40.3 Å². The van der Waals surface area contributed by atoms with Gasteiger partial charge in [0.1, 0.15) is 16.8 Å². The normalized spacial score (nSPS) is 13.5. The van der Waals surface area contributed by atoms with Crippen molar-refractivity contribution in [1.82, 2.24) is 15.1 Å². The van der Waals surface area contributed by atoms with Gasteiger partial charge in [0, 0.05) is 23.0 Å². The average molecular weight is 476 g/mol. The molecular weight excluding hydrogens is 458 g/mol. The van der Waals surface area contributed by atoms with E-state index < -0.39 is 0 Å². The van der Waals surface area contributed by atoms with Crippen molar-refractivity contribution in [1.29, 1.82) is 5.26 Å². The molecule has 1 N–H and O–H groups in total. The van der Waals surface area contributed by atoms with E-state index in [-0.39, 0.29) is 23.5 Å². The predicted octanol–water partition coefficient (Wildman–Crippen LogP) is 3.95. The van der Waals surface area contributed by atoms with Crippen LogP contribution in [-0.2, 0) is 24.4 Å². The van der Waals surface area contributed by atoms with Gasteiger partial charge in [0.25, 0.3) is 11.1 Å². The van der Waals surface area contributed by atoms with Crippen LogP contribution < -0.4 is 10.1 Å². The first-order valence-corrected chi connectivity index (χ1v) is 11.6. The van der Waals surface area contributed by atoms with Crippen molar-refractivity contribution in [3.8, 4) is 11.8 Å². The predicted molar refractivity (Wildman–Crippen MR) is 119 cm³/mol. The molecule has 0 bridgehead atoms. The highest BCUT2D eigenvalue weighted by Gasteiger charge is 2.24. The highest BCUT2D eigenvalue weighted by Crippen LogP contribution is 2.36. The highest BCUT2D eigenvalue weighted by molar-refractivity contribution is 7.99. The number of ether oxygens (including phenoxy) is 1. The van der Waals surface area contributed by atoms with E-state index in [9.17, 15) is 10.1 Å². The monoisotopic (exact) mass is 475 g/mol. The molecular formula is C20H18ClN5O3S2. The fraction of sp³-hybridized carbons (Fsp3) is 0.300. The number of thioether (sulfide) groups is 1. The fourth-order valence-electron chi connectivity index (χ4n) is 3.06. The molecule has 4 rings (SSSR count). The lowest BCUT2D eigenvalue weighted by molar-refractivity contribution is -0.113. The van der Waals surface area contributed by atoms with E-state index in [2.05, 4.69) is 26.5 Å². The van der Waals surface area contributed by atoms with E-state index >= 15 is 0 Å². The Morgan fingerprint density at radius 1 is 1.42 bits per heavy atom. The third kappa shape index (κ3) is 5.37.